The largest absolute Gasteiger partial charge is 0.481 e. The average Bonchev–Trinajstić information content (AvgIpc) is 3.12. The molecule has 172 valence electrons. The summed E-state index contributed by atoms with van der Waals surface area (Å²) in [4.78, 5) is 36.4. The lowest BCUT2D eigenvalue weighted by atomic mass is 9.94. The molecule has 3 rings (SSSR count). The highest BCUT2D eigenvalue weighted by Crippen LogP contribution is 2.44. The molecule has 1 atom stereocenters. The number of ether oxygens (including phenoxy) is 1. The van der Waals surface area contributed by atoms with Gasteiger partial charge in [-0.05, 0) is 43.0 Å². The molecule has 7 nitrogen and oxygen atoms in total. The summed E-state index contributed by atoms with van der Waals surface area (Å²) in [5.74, 6) is 3.84. The van der Waals surface area contributed by atoms with Crippen LogP contribution >= 0.6 is 0 Å². The fourth-order valence-corrected chi connectivity index (χ4v) is 3.70. The molecule has 0 fully saturated rings. The molecule has 1 aliphatic rings. The van der Waals surface area contributed by atoms with Crippen molar-refractivity contribution in [2.24, 2.45) is 5.41 Å². The second-order valence-corrected chi connectivity index (χ2v) is 8.56. The molecule has 2 aromatic carbocycles. The van der Waals surface area contributed by atoms with Gasteiger partial charge in [0.1, 0.15) is 12.6 Å². The van der Waals surface area contributed by atoms with Gasteiger partial charge in [0.15, 0.2) is 0 Å². The Morgan fingerprint density at radius 3 is 2.18 bits per heavy atom. The van der Waals surface area contributed by atoms with Crippen molar-refractivity contribution in [3.63, 3.8) is 0 Å². The predicted molar refractivity (Wildman–Crippen MR) is 124 cm³/mol. The van der Waals surface area contributed by atoms with Crippen LogP contribution < -0.4 is 10.6 Å². The number of hydrogen-bond donors (Lipinski definition) is 3. The van der Waals surface area contributed by atoms with Gasteiger partial charge in [-0.2, -0.15) is 0 Å². The zero-order valence-corrected chi connectivity index (χ0v) is 19.0. The normalized spacial score (nSPS) is 13.1. The Morgan fingerprint density at radius 2 is 1.64 bits per heavy atom. The lowest BCUT2D eigenvalue weighted by Gasteiger charge is -2.22. The van der Waals surface area contributed by atoms with Gasteiger partial charge in [-0.1, -0.05) is 48.5 Å². The van der Waals surface area contributed by atoms with Crippen LogP contribution in [0.3, 0.4) is 0 Å². The molecule has 0 bridgehead atoms. The SMILES string of the molecule is CC#CCC(NC(=O)OCC1c2ccccc2-c2ccccc21)C(=O)NCC(C)(C)C(=O)O. The number of carbonyl (C=O) groups is 3. The smallest absolute Gasteiger partial charge is 0.407 e. The van der Waals surface area contributed by atoms with Crippen molar-refractivity contribution in [3.05, 3.63) is 59.7 Å². The summed E-state index contributed by atoms with van der Waals surface area (Å²) in [5.41, 5.74) is 3.29. The van der Waals surface area contributed by atoms with Gasteiger partial charge in [-0.3, -0.25) is 9.59 Å². The molecule has 0 saturated heterocycles. The predicted octanol–water partition coefficient (Wildman–Crippen LogP) is 3.53. The second kappa shape index (κ2) is 10.2. The Hall–Kier alpha value is -3.79. The maximum Gasteiger partial charge on any atom is 0.407 e. The van der Waals surface area contributed by atoms with E-state index < -0.39 is 29.4 Å². The van der Waals surface area contributed by atoms with Crippen LogP contribution in [0.1, 0.15) is 44.2 Å². The number of aliphatic carboxylic acids is 1. The van der Waals surface area contributed by atoms with Crippen LogP contribution in [-0.2, 0) is 14.3 Å². The van der Waals surface area contributed by atoms with E-state index in [1.807, 2.05) is 36.4 Å². The number of carbonyl (C=O) groups excluding carboxylic acids is 2. The van der Waals surface area contributed by atoms with Crippen LogP contribution in [0, 0.1) is 17.3 Å². The Bertz CT molecular complexity index is 1070. The molecule has 1 unspecified atom stereocenters. The van der Waals surface area contributed by atoms with Crippen LogP contribution in [0.5, 0.6) is 0 Å². The van der Waals surface area contributed by atoms with Gasteiger partial charge >= 0.3 is 12.1 Å². The Kier molecular flexibility index (Phi) is 7.39. The quantitative estimate of drug-likeness (QED) is 0.536. The Balaban J connectivity index is 1.64. The number of carboxylic acid groups (broad SMARTS) is 1. The number of carboxylic acids is 1. The van der Waals surface area contributed by atoms with E-state index in [0.717, 1.165) is 22.3 Å². The third-order valence-corrected chi connectivity index (χ3v) is 5.72. The molecule has 0 heterocycles. The van der Waals surface area contributed by atoms with E-state index >= 15 is 0 Å². The standard InChI is InChI=1S/C26H28N2O5/c1-4-5-14-22(23(29)27-16-26(2,3)24(30)31)28-25(32)33-15-21-19-12-8-6-10-17(19)18-11-7-9-13-20(18)21/h6-13,21-22H,14-16H2,1-3H3,(H,27,29)(H,28,32)(H,30,31). The first-order valence-electron chi connectivity index (χ1n) is 10.8. The van der Waals surface area contributed by atoms with Crippen molar-refractivity contribution in [1.29, 1.82) is 0 Å². The molecule has 2 amide bonds. The van der Waals surface area contributed by atoms with E-state index in [-0.39, 0.29) is 25.5 Å². The molecule has 0 aliphatic heterocycles. The van der Waals surface area contributed by atoms with Crippen molar-refractivity contribution >= 4 is 18.0 Å². The summed E-state index contributed by atoms with van der Waals surface area (Å²) in [5, 5.41) is 14.4. The highest BCUT2D eigenvalue weighted by molar-refractivity contribution is 5.86. The lowest BCUT2D eigenvalue weighted by molar-refractivity contribution is -0.146. The first-order chi connectivity index (χ1) is 15.7. The molecule has 0 spiro atoms. The molecule has 33 heavy (non-hydrogen) atoms. The lowest BCUT2D eigenvalue weighted by Crippen LogP contribution is -2.49. The monoisotopic (exact) mass is 448 g/mol. The van der Waals surface area contributed by atoms with Gasteiger partial charge in [0.05, 0.1) is 5.41 Å². The van der Waals surface area contributed by atoms with E-state index in [2.05, 4.69) is 34.6 Å². The molecular formula is C26H28N2O5. The van der Waals surface area contributed by atoms with Crippen LogP contribution in [0.4, 0.5) is 4.79 Å². The van der Waals surface area contributed by atoms with Gasteiger partial charge in [0, 0.05) is 18.9 Å². The molecule has 1 aliphatic carbocycles. The maximum atomic E-state index is 12.6. The molecule has 0 radical (unpaired) electrons. The summed E-state index contributed by atoms with van der Waals surface area (Å²) >= 11 is 0. The summed E-state index contributed by atoms with van der Waals surface area (Å²) < 4.78 is 5.51. The number of hydrogen-bond acceptors (Lipinski definition) is 4. The van der Waals surface area contributed by atoms with Crippen LogP contribution in [0.2, 0.25) is 0 Å². The van der Waals surface area contributed by atoms with Crippen LogP contribution in [0.25, 0.3) is 11.1 Å². The number of nitrogens with one attached hydrogen (secondary N) is 2. The molecular weight excluding hydrogens is 420 g/mol. The highest BCUT2D eigenvalue weighted by atomic mass is 16.5. The van der Waals surface area contributed by atoms with E-state index in [1.54, 1.807) is 6.92 Å². The first-order valence-corrected chi connectivity index (χ1v) is 10.8. The van der Waals surface area contributed by atoms with Gasteiger partial charge in [0.2, 0.25) is 5.91 Å². The number of benzene rings is 2. The van der Waals surface area contributed by atoms with Crippen molar-refractivity contribution in [2.75, 3.05) is 13.2 Å². The van der Waals surface area contributed by atoms with E-state index in [9.17, 15) is 19.5 Å². The summed E-state index contributed by atoms with van der Waals surface area (Å²) in [6, 6.07) is 15.1. The third kappa shape index (κ3) is 5.53. The molecule has 0 aromatic heterocycles. The van der Waals surface area contributed by atoms with Gasteiger partial charge in [-0.15, -0.1) is 11.8 Å². The fraction of sp³-hybridized carbons (Fsp3) is 0.346. The Labute approximate surface area is 193 Å². The summed E-state index contributed by atoms with van der Waals surface area (Å²) in [6.07, 6.45) is -0.646. The van der Waals surface area contributed by atoms with E-state index in [1.165, 1.54) is 13.8 Å². The summed E-state index contributed by atoms with van der Waals surface area (Å²) in [7, 11) is 0. The number of fused-ring (bicyclic) bond motifs is 3. The van der Waals surface area contributed by atoms with Crippen LogP contribution in [-0.4, -0.2) is 42.3 Å². The van der Waals surface area contributed by atoms with Crippen molar-refractivity contribution in [1.82, 2.24) is 10.6 Å². The average molecular weight is 449 g/mol. The Morgan fingerprint density at radius 1 is 1.06 bits per heavy atom. The van der Waals surface area contributed by atoms with E-state index in [4.69, 9.17) is 4.74 Å². The maximum absolute atomic E-state index is 12.6. The van der Waals surface area contributed by atoms with Crippen LogP contribution in [0.15, 0.2) is 48.5 Å². The zero-order chi connectivity index (χ0) is 24.0. The molecule has 2 aromatic rings. The molecule has 0 saturated carbocycles. The summed E-state index contributed by atoms with van der Waals surface area (Å²) in [6.45, 7) is 4.70. The third-order valence-electron chi connectivity index (χ3n) is 5.72. The van der Waals surface area contributed by atoms with Crippen molar-refractivity contribution in [3.8, 4) is 23.0 Å². The topological polar surface area (TPSA) is 105 Å². The second-order valence-electron chi connectivity index (χ2n) is 8.56. The minimum Gasteiger partial charge on any atom is -0.481 e. The first kappa shape index (κ1) is 23.9. The van der Waals surface area contributed by atoms with Gasteiger partial charge < -0.3 is 20.5 Å². The van der Waals surface area contributed by atoms with E-state index in [0.29, 0.717) is 0 Å². The van der Waals surface area contributed by atoms with Gasteiger partial charge in [-0.25, -0.2) is 4.79 Å². The number of rotatable bonds is 8. The fourth-order valence-electron chi connectivity index (χ4n) is 3.70. The highest BCUT2D eigenvalue weighted by Gasteiger charge is 2.31. The minimum absolute atomic E-state index is 0.0798. The van der Waals surface area contributed by atoms with Crippen molar-refractivity contribution < 1.29 is 24.2 Å². The zero-order valence-electron chi connectivity index (χ0n) is 19.0. The molecule has 7 heteroatoms. The minimum atomic E-state index is -1.14. The van der Waals surface area contributed by atoms with Crippen molar-refractivity contribution in [2.45, 2.75) is 39.2 Å². The number of alkyl carbamates (subject to hydrolysis) is 1. The number of amides is 2. The van der Waals surface area contributed by atoms with Gasteiger partial charge in [0.25, 0.3) is 0 Å². The molecule has 3 N–H and O–H groups in total.